The Balaban J connectivity index is 3.04. The molecule has 1 aromatic rings. The summed E-state index contributed by atoms with van der Waals surface area (Å²) in [6.45, 7) is 0. The maximum Gasteiger partial charge on any atom is 0.417 e. The van der Waals surface area contributed by atoms with Crippen molar-refractivity contribution in [3.8, 4) is 0 Å². The summed E-state index contributed by atoms with van der Waals surface area (Å²) in [7, 11) is 0. The first kappa shape index (κ1) is 11.6. The molecule has 0 atom stereocenters. The number of amides is 2. The van der Waals surface area contributed by atoms with Gasteiger partial charge in [-0.25, -0.2) is 4.79 Å². The quantitative estimate of drug-likeness (QED) is 0.777. The summed E-state index contributed by atoms with van der Waals surface area (Å²) in [5.74, 6) is 0. The van der Waals surface area contributed by atoms with E-state index in [-0.39, 0.29) is 5.69 Å². The lowest BCUT2D eigenvalue weighted by Gasteiger charge is -2.10. The van der Waals surface area contributed by atoms with E-state index in [2.05, 4.69) is 5.32 Å². The number of rotatable bonds is 1. The van der Waals surface area contributed by atoms with E-state index in [0.29, 0.717) is 0 Å². The first-order valence-corrected chi connectivity index (χ1v) is 4.11. The van der Waals surface area contributed by atoms with Crippen LogP contribution in [0.5, 0.6) is 0 Å². The van der Waals surface area contributed by atoms with Gasteiger partial charge in [0, 0.05) is 5.69 Å². The van der Waals surface area contributed by atoms with Crippen LogP contribution in [0.2, 0.25) is 5.02 Å². The third-order valence-electron chi connectivity index (χ3n) is 1.54. The highest BCUT2D eigenvalue weighted by Crippen LogP contribution is 2.35. The molecule has 0 saturated heterocycles. The lowest BCUT2D eigenvalue weighted by Crippen LogP contribution is -2.19. The van der Waals surface area contributed by atoms with Crippen LogP contribution in [0.3, 0.4) is 0 Å². The van der Waals surface area contributed by atoms with E-state index in [1.807, 2.05) is 0 Å². The highest BCUT2D eigenvalue weighted by molar-refractivity contribution is 6.31. The molecule has 82 valence electrons. The van der Waals surface area contributed by atoms with E-state index in [1.54, 1.807) is 0 Å². The number of primary amides is 1. The summed E-state index contributed by atoms with van der Waals surface area (Å²) < 4.78 is 36.7. The molecule has 0 unspecified atom stereocenters. The van der Waals surface area contributed by atoms with Gasteiger partial charge in [-0.05, 0) is 18.2 Å². The summed E-state index contributed by atoms with van der Waals surface area (Å²) >= 11 is 5.39. The highest BCUT2D eigenvalue weighted by Gasteiger charge is 2.33. The van der Waals surface area contributed by atoms with Gasteiger partial charge in [-0.3, -0.25) is 0 Å². The number of nitrogens with two attached hydrogens (primary N) is 1. The Hall–Kier alpha value is -1.43. The smallest absolute Gasteiger partial charge is 0.351 e. The molecule has 0 aliphatic rings. The summed E-state index contributed by atoms with van der Waals surface area (Å²) in [5, 5.41) is 1.62. The van der Waals surface area contributed by atoms with Crippen LogP contribution in [0.25, 0.3) is 0 Å². The molecule has 0 aliphatic heterocycles. The molecule has 3 N–H and O–H groups in total. The monoisotopic (exact) mass is 238 g/mol. The Labute approximate surface area is 88.0 Å². The molecule has 3 nitrogen and oxygen atoms in total. The van der Waals surface area contributed by atoms with E-state index in [9.17, 15) is 18.0 Å². The molecule has 2 amide bonds. The van der Waals surface area contributed by atoms with Crippen LogP contribution in [-0.4, -0.2) is 6.03 Å². The van der Waals surface area contributed by atoms with Crippen molar-refractivity contribution in [3.63, 3.8) is 0 Å². The van der Waals surface area contributed by atoms with Gasteiger partial charge in [0.15, 0.2) is 0 Å². The van der Waals surface area contributed by atoms with Gasteiger partial charge in [-0.2, -0.15) is 13.2 Å². The van der Waals surface area contributed by atoms with Crippen LogP contribution in [0, 0.1) is 0 Å². The molecule has 0 aliphatic carbocycles. The minimum atomic E-state index is -4.51. The minimum absolute atomic E-state index is 0.112. The molecule has 0 saturated carbocycles. The molecule has 1 rings (SSSR count). The third-order valence-corrected chi connectivity index (χ3v) is 1.85. The van der Waals surface area contributed by atoms with Crippen LogP contribution >= 0.6 is 11.6 Å². The van der Waals surface area contributed by atoms with Crippen molar-refractivity contribution in [1.82, 2.24) is 0 Å². The van der Waals surface area contributed by atoms with Crippen molar-refractivity contribution in [2.75, 3.05) is 5.32 Å². The molecule has 0 spiro atoms. The zero-order valence-electron chi connectivity index (χ0n) is 7.23. The van der Waals surface area contributed by atoms with Crippen LogP contribution in [0.15, 0.2) is 18.2 Å². The number of alkyl halides is 3. The van der Waals surface area contributed by atoms with Gasteiger partial charge in [-0.15, -0.1) is 0 Å². The van der Waals surface area contributed by atoms with Gasteiger partial charge in [0.25, 0.3) is 0 Å². The van der Waals surface area contributed by atoms with Gasteiger partial charge in [0.05, 0.1) is 10.6 Å². The van der Waals surface area contributed by atoms with Crippen LogP contribution in [0.1, 0.15) is 5.56 Å². The van der Waals surface area contributed by atoms with Crippen molar-refractivity contribution in [2.45, 2.75) is 6.18 Å². The van der Waals surface area contributed by atoms with Gasteiger partial charge in [0.2, 0.25) is 0 Å². The molecule has 0 heterocycles. The SMILES string of the molecule is NC(=O)Nc1ccc(C(F)(F)F)c(Cl)c1. The third kappa shape index (κ3) is 3.02. The molecular weight excluding hydrogens is 233 g/mol. The number of nitrogens with one attached hydrogen (secondary N) is 1. The highest BCUT2D eigenvalue weighted by atomic mass is 35.5. The lowest BCUT2D eigenvalue weighted by atomic mass is 10.2. The second-order valence-corrected chi connectivity index (χ2v) is 3.09. The number of halogens is 4. The molecule has 0 fully saturated rings. The van der Waals surface area contributed by atoms with E-state index >= 15 is 0 Å². The lowest BCUT2D eigenvalue weighted by molar-refractivity contribution is -0.137. The summed E-state index contributed by atoms with van der Waals surface area (Å²) in [4.78, 5) is 10.4. The zero-order chi connectivity index (χ0) is 11.6. The standard InChI is InChI=1S/C8H6ClF3N2O/c9-6-3-4(14-7(13)15)1-2-5(6)8(10,11)12/h1-3H,(H3,13,14,15). The number of carbonyl (C=O) groups is 1. The normalized spacial score (nSPS) is 11.2. The second-order valence-electron chi connectivity index (χ2n) is 2.68. The first-order chi connectivity index (χ1) is 6.80. The summed E-state index contributed by atoms with van der Waals surface area (Å²) in [6, 6.07) is 1.95. The van der Waals surface area contributed by atoms with Crippen LogP contribution in [0.4, 0.5) is 23.7 Å². The fourth-order valence-corrected chi connectivity index (χ4v) is 1.25. The maximum absolute atomic E-state index is 12.2. The average Bonchev–Trinajstić information content (AvgIpc) is 1.99. The molecule has 7 heteroatoms. The van der Waals surface area contributed by atoms with Gasteiger partial charge in [0.1, 0.15) is 0 Å². The van der Waals surface area contributed by atoms with Crippen LogP contribution < -0.4 is 11.1 Å². The number of hydrogen-bond donors (Lipinski definition) is 2. The Morgan fingerprint density at radius 1 is 1.40 bits per heavy atom. The molecule has 0 bridgehead atoms. The second kappa shape index (κ2) is 3.98. The molecule has 0 aromatic heterocycles. The van der Waals surface area contributed by atoms with Crippen molar-refractivity contribution in [2.24, 2.45) is 5.73 Å². The van der Waals surface area contributed by atoms with Gasteiger partial charge < -0.3 is 11.1 Å². The van der Waals surface area contributed by atoms with Gasteiger partial charge in [-0.1, -0.05) is 11.6 Å². The van der Waals surface area contributed by atoms with Crippen molar-refractivity contribution >= 4 is 23.3 Å². The fourth-order valence-electron chi connectivity index (χ4n) is 0.965. The average molecular weight is 239 g/mol. The number of anilines is 1. The van der Waals surface area contributed by atoms with E-state index in [0.717, 1.165) is 18.2 Å². The number of hydrogen-bond acceptors (Lipinski definition) is 1. The number of benzene rings is 1. The summed E-state index contributed by atoms with van der Waals surface area (Å²) in [5.41, 5.74) is 3.94. The topological polar surface area (TPSA) is 55.1 Å². The van der Waals surface area contributed by atoms with Crippen LogP contribution in [-0.2, 0) is 6.18 Å². The molecule has 15 heavy (non-hydrogen) atoms. The van der Waals surface area contributed by atoms with Crippen molar-refractivity contribution < 1.29 is 18.0 Å². The summed E-state index contributed by atoms with van der Waals surface area (Å²) in [6.07, 6.45) is -4.51. The number of urea groups is 1. The fraction of sp³-hybridized carbons (Fsp3) is 0.125. The van der Waals surface area contributed by atoms with E-state index in [1.165, 1.54) is 0 Å². The van der Waals surface area contributed by atoms with E-state index < -0.39 is 22.8 Å². The van der Waals surface area contributed by atoms with Crippen molar-refractivity contribution in [1.29, 1.82) is 0 Å². The predicted octanol–water partition coefficient (Wildman–Crippen LogP) is 2.85. The Morgan fingerprint density at radius 3 is 2.40 bits per heavy atom. The zero-order valence-corrected chi connectivity index (χ0v) is 7.99. The van der Waals surface area contributed by atoms with E-state index in [4.69, 9.17) is 17.3 Å². The van der Waals surface area contributed by atoms with Gasteiger partial charge >= 0.3 is 12.2 Å². The minimum Gasteiger partial charge on any atom is -0.351 e. The Kier molecular flexibility index (Phi) is 3.09. The Bertz CT molecular complexity index is 392. The molecular formula is C8H6ClF3N2O. The molecule has 0 radical (unpaired) electrons. The molecule has 1 aromatic carbocycles. The largest absolute Gasteiger partial charge is 0.417 e. The predicted molar refractivity (Wildman–Crippen MR) is 49.7 cm³/mol. The van der Waals surface area contributed by atoms with Crippen molar-refractivity contribution in [3.05, 3.63) is 28.8 Å². The number of carbonyl (C=O) groups excluding carboxylic acids is 1. The first-order valence-electron chi connectivity index (χ1n) is 3.74. The maximum atomic E-state index is 12.2. The Morgan fingerprint density at radius 2 is 2.00 bits per heavy atom.